The molecule has 0 fully saturated rings. The Morgan fingerprint density at radius 1 is 0.808 bits per heavy atom. The SMILES string of the molecule is Cc1ccc(S(=O)(=O)Nc2cccc(Nc3nc(C)cc(C)n3)c2)cc1. The van der Waals surface area contributed by atoms with Gasteiger partial charge in [-0.1, -0.05) is 23.8 Å². The average molecular weight is 368 g/mol. The lowest BCUT2D eigenvalue weighted by molar-refractivity contribution is 0.601. The number of benzene rings is 2. The van der Waals surface area contributed by atoms with Gasteiger partial charge in [0.2, 0.25) is 5.95 Å². The molecular weight excluding hydrogens is 348 g/mol. The number of rotatable bonds is 5. The van der Waals surface area contributed by atoms with Gasteiger partial charge >= 0.3 is 0 Å². The Kier molecular flexibility index (Phi) is 4.90. The van der Waals surface area contributed by atoms with Gasteiger partial charge in [0.05, 0.1) is 10.6 Å². The number of nitrogens with one attached hydrogen (secondary N) is 2. The van der Waals surface area contributed by atoms with Gasteiger partial charge in [-0.05, 0) is 57.2 Å². The second-order valence-electron chi connectivity index (χ2n) is 6.10. The first-order valence-electron chi connectivity index (χ1n) is 8.11. The lowest BCUT2D eigenvalue weighted by Gasteiger charge is -2.11. The minimum atomic E-state index is -3.64. The van der Waals surface area contributed by atoms with Crippen molar-refractivity contribution in [3.8, 4) is 0 Å². The van der Waals surface area contributed by atoms with Crippen LogP contribution in [0.4, 0.5) is 17.3 Å². The molecule has 0 unspecified atom stereocenters. The van der Waals surface area contributed by atoms with E-state index in [4.69, 9.17) is 0 Å². The van der Waals surface area contributed by atoms with E-state index in [9.17, 15) is 8.42 Å². The summed E-state index contributed by atoms with van der Waals surface area (Å²) in [5, 5.41) is 3.10. The molecule has 6 nitrogen and oxygen atoms in total. The molecule has 0 aliphatic carbocycles. The van der Waals surface area contributed by atoms with Crippen molar-refractivity contribution in [2.45, 2.75) is 25.7 Å². The van der Waals surface area contributed by atoms with Gasteiger partial charge in [-0.25, -0.2) is 18.4 Å². The molecule has 0 spiro atoms. The summed E-state index contributed by atoms with van der Waals surface area (Å²) in [5.41, 5.74) is 3.87. The molecule has 1 heterocycles. The highest BCUT2D eigenvalue weighted by atomic mass is 32.2. The third-order valence-corrected chi connectivity index (χ3v) is 5.08. The smallest absolute Gasteiger partial charge is 0.261 e. The summed E-state index contributed by atoms with van der Waals surface area (Å²) in [6.07, 6.45) is 0. The minimum Gasteiger partial charge on any atom is -0.324 e. The number of hydrogen-bond acceptors (Lipinski definition) is 5. The Hall–Kier alpha value is -2.93. The molecule has 1 aromatic heterocycles. The number of sulfonamides is 1. The van der Waals surface area contributed by atoms with Crippen LogP contribution in [0.2, 0.25) is 0 Å². The maximum atomic E-state index is 12.5. The number of anilines is 3. The maximum absolute atomic E-state index is 12.5. The van der Waals surface area contributed by atoms with E-state index in [2.05, 4.69) is 20.0 Å². The molecule has 26 heavy (non-hydrogen) atoms. The highest BCUT2D eigenvalue weighted by Gasteiger charge is 2.14. The lowest BCUT2D eigenvalue weighted by atomic mass is 10.2. The van der Waals surface area contributed by atoms with Crippen molar-refractivity contribution in [3.63, 3.8) is 0 Å². The monoisotopic (exact) mass is 368 g/mol. The van der Waals surface area contributed by atoms with E-state index in [0.29, 0.717) is 17.3 Å². The first-order valence-corrected chi connectivity index (χ1v) is 9.59. The Balaban J connectivity index is 1.82. The molecule has 0 aliphatic rings. The molecule has 2 aromatic carbocycles. The van der Waals surface area contributed by atoms with Crippen molar-refractivity contribution in [2.24, 2.45) is 0 Å². The minimum absolute atomic E-state index is 0.221. The van der Waals surface area contributed by atoms with E-state index < -0.39 is 10.0 Å². The van der Waals surface area contributed by atoms with Crippen LogP contribution in [0.25, 0.3) is 0 Å². The van der Waals surface area contributed by atoms with Crippen LogP contribution < -0.4 is 10.0 Å². The first kappa shape index (κ1) is 17.9. The van der Waals surface area contributed by atoms with Crippen LogP contribution in [0.3, 0.4) is 0 Å². The van der Waals surface area contributed by atoms with Crippen LogP contribution in [0.1, 0.15) is 17.0 Å². The van der Waals surface area contributed by atoms with Crippen molar-refractivity contribution >= 4 is 27.3 Å². The second kappa shape index (κ2) is 7.13. The van der Waals surface area contributed by atoms with Crippen LogP contribution >= 0.6 is 0 Å². The standard InChI is InChI=1S/C19H20N4O2S/c1-13-7-9-18(10-8-13)26(24,25)23-17-6-4-5-16(12-17)22-19-20-14(2)11-15(3)21-19/h4-12,23H,1-3H3,(H,20,21,22). The van der Waals surface area contributed by atoms with E-state index in [1.807, 2.05) is 32.9 Å². The Labute approximate surface area is 153 Å². The van der Waals surface area contributed by atoms with Crippen molar-refractivity contribution in [1.29, 1.82) is 0 Å². The lowest BCUT2D eigenvalue weighted by Crippen LogP contribution is -2.13. The zero-order valence-electron chi connectivity index (χ0n) is 14.8. The van der Waals surface area contributed by atoms with Gasteiger partial charge in [-0.2, -0.15) is 0 Å². The van der Waals surface area contributed by atoms with Gasteiger partial charge in [-0.15, -0.1) is 0 Å². The van der Waals surface area contributed by atoms with Crippen molar-refractivity contribution in [2.75, 3.05) is 10.0 Å². The van der Waals surface area contributed by atoms with Crippen LogP contribution in [0.5, 0.6) is 0 Å². The Bertz CT molecular complexity index is 1010. The van der Waals surface area contributed by atoms with Gasteiger partial charge in [0.15, 0.2) is 0 Å². The molecule has 0 amide bonds. The third-order valence-electron chi connectivity index (χ3n) is 3.68. The van der Waals surface area contributed by atoms with Crippen molar-refractivity contribution in [1.82, 2.24) is 9.97 Å². The molecule has 0 saturated carbocycles. The topological polar surface area (TPSA) is 84.0 Å². The molecule has 3 rings (SSSR count). The summed E-state index contributed by atoms with van der Waals surface area (Å²) < 4.78 is 27.6. The first-order chi connectivity index (χ1) is 12.3. The van der Waals surface area contributed by atoms with Crippen LogP contribution in [0, 0.1) is 20.8 Å². The zero-order valence-corrected chi connectivity index (χ0v) is 15.6. The van der Waals surface area contributed by atoms with Gasteiger partial charge < -0.3 is 5.32 Å². The number of hydrogen-bond donors (Lipinski definition) is 2. The van der Waals surface area contributed by atoms with Gasteiger partial charge in [0, 0.05) is 17.1 Å². The van der Waals surface area contributed by atoms with Crippen LogP contribution in [-0.4, -0.2) is 18.4 Å². The molecule has 2 N–H and O–H groups in total. The summed E-state index contributed by atoms with van der Waals surface area (Å²) in [6.45, 7) is 5.70. The van der Waals surface area contributed by atoms with E-state index in [1.54, 1.807) is 42.5 Å². The molecule has 7 heteroatoms. The predicted octanol–water partition coefficient (Wildman–Crippen LogP) is 3.95. The third kappa shape index (κ3) is 4.37. The largest absolute Gasteiger partial charge is 0.324 e. The summed E-state index contributed by atoms with van der Waals surface area (Å²) in [5.74, 6) is 0.473. The quantitative estimate of drug-likeness (QED) is 0.712. The van der Waals surface area contributed by atoms with Crippen molar-refractivity contribution in [3.05, 3.63) is 71.5 Å². The maximum Gasteiger partial charge on any atom is 0.261 e. The van der Waals surface area contributed by atoms with Gasteiger partial charge in [-0.3, -0.25) is 4.72 Å². The Morgan fingerprint density at radius 3 is 2.08 bits per heavy atom. The zero-order chi connectivity index (χ0) is 18.7. The number of nitrogens with zero attached hydrogens (tertiary/aromatic N) is 2. The molecule has 0 saturated heterocycles. The molecular formula is C19H20N4O2S. The summed E-state index contributed by atoms with van der Waals surface area (Å²) in [6, 6.07) is 15.6. The fourth-order valence-corrected chi connectivity index (χ4v) is 3.55. The highest BCUT2D eigenvalue weighted by Crippen LogP contribution is 2.21. The second-order valence-corrected chi connectivity index (χ2v) is 7.78. The summed E-state index contributed by atoms with van der Waals surface area (Å²) >= 11 is 0. The molecule has 0 aliphatic heterocycles. The molecule has 3 aromatic rings. The van der Waals surface area contributed by atoms with Crippen LogP contribution in [-0.2, 0) is 10.0 Å². The molecule has 134 valence electrons. The normalized spacial score (nSPS) is 11.2. The van der Waals surface area contributed by atoms with Gasteiger partial charge in [0.1, 0.15) is 0 Å². The van der Waals surface area contributed by atoms with E-state index in [1.165, 1.54) is 0 Å². The molecule has 0 atom stereocenters. The van der Waals surface area contributed by atoms with Crippen LogP contribution in [0.15, 0.2) is 59.5 Å². The Morgan fingerprint density at radius 2 is 1.42 bits per heavy atom. The predicted molar refractivity (Wildman–Crippen MR) is 103 cm³/mol. The number of aryl methyl sites for hydroxylation is 3. The van der Waals surface area contributed by atoms with Crippen molar-refractivity contribution < 1.29 is 8.42 Å². The van der Waals surface area contributed by atoms with E-state index in [0.717, 1.165) is 17.0 Å². The average Bonchev–Trinajstić information content (AvgIpc) is 2.54. The number of aromatic nitrogens is 2. The fourth-order valence-electron chi connectivity index (χ4n) is 2.50. The van der Waals surface area contributed by atoms with Gasteiger partial charge in [0.25, 0.3) is 10.0 Å². The van der Waals surface area contributed by atoms with E-state index in [-0.39, 0.29) is 4.90 Å². The fraction of sp³-hybridized carbons (Fsp3) is 0.158. The molecule has 0 radical (unpaired) electrons. The summed E-state index contributed by atoms with van der Waals surface area (Å²) in [4.78, 5) is 8.88. The highest BCUT2D eigenvalue weighted by molar-refractivity contribution is 7.92. The van der Waals surface area contributed by atoms with E-state index >= 15 is 0 Å². The molecule has 0 bridgehead atoms. The summed E-state index contributed by atoms with van der Waals surface area (Å²) in [7, 11) is -3.64.